The highest BCUT2D eigenvalue weighted by Gasteiger charge is 2.31. The number of nitrogens with zero attached hydrogens (tertiary/aromatic N) is 2. The van der Waals surface area contributed by atoms with Crippen LogP contribution in [0.25, 0.3) is 11.4 Å². The molecule has 0 bridgehead atoms. The van der Waals surface area contributed by atoms with Gasteiger partial charge in [-0.1, -0.05) is 5.16 Å². The van der Waals surface area contributed by atoms with E-state index in [2.05, 4.69) is 15.5 Å². The Labute approximate surface area is 103 Å². The van der Waals surface area contributed by atoms with Crippen molar-refractivity contribution < 1.29 is 9.63 Å². The minimum Gasteiger partial charge on any atom is -0.392 e. The van der Waals surface area contributed by atoms with Gasteiger partial charge in [0.1, 0.15) is 0 Å². The van der Waals surface area contributed by atoms with Gasteiger partial charge in [-0.2, -0.15) is 16.3 Å². The number of hydrogen-bond acceptors (Lipinski definition) is 5. The third-order valence-corrected chi connectivity index (χ3v) is 3.98. The molecule has 1 unspecified atom stereocenters. The van der Waals surface area contributed by atoms with Gasteiger partial charge in [-0.15, -0.1) is 0 Å². The van der Waals surface area contributed by atoms with Gasteiger partial charge in [0.05, 0.1) is 12.5 Å². The van der Waals surface area contributed by atoms with Crippen LogP contribution in [0.2, 0.25) is 0 Å². The van der Waals surface area contributed by atoms with Crippen LogP contribution in [0, 0.1) is 12.8 Å². The molecule has 5 heteroatoms. The summed E-state index contributed by atoms with van der Waals surface area (Å²) in [5, 5.41) is 17.8. The zero-order valence-corrected chi connectivity index (χ0v) is 10.4. The molecule has 1 fully saturated rings. The Morgan fingerprint density at radius 1 is 1.53 bits per heavy atom. The number of rotatable bonds is 4. The van der Waals surface area contributed by atoms with E-state index in [0.29, 0.717) is 24.1 Å². The molecule has 2 aromatic heterocycles. The summed E-state index contributed by atoms with van der Waals surface area (Å²) >= 11 is 1.63. The molecule has 1 aliphatic rings. The van der Waals surface area contributed by atoms with Crippen molar-refractivity contribution >= 4 is 11.3 Å². The van der Waals surface area contributed by atoms with Gasteiger partial charge >= 0.3 is 0 Å². The first kappa shape index (κ1) is 10.9. The third kappa shape index (κ3) is 2.25. The van der Waals surface area contributed by atoms with Crippen LogP contribution >= 0.6 is 11.3 Å². The van der Waals surface area contributed by atoms with Crippen LogP contribution in [-0.2, 0) is 6.42 Å². The average molecular weight is 250 g/mol. The maximum atomic E-state index is 9.81. The molecule has 17 heavy (non-hydrogen) atoms. The van der Waals surface area contributed by atoms with Gasteiger partial charge in [-0.25, -0.2) is 0 Å². The predicted molar refractivity (Wildman–Crippen MR) is 64.8 cm³/mol. The lowest BCUT2D eigenvalue weighted by molar-refractivity contribution is 0.140. The molecule has 4 nitrogen and oxygen atoms in total. The maximum absolute atomic E-state index is 9.81. The van der Waals surface area contributed by atoms with Gasteiger partial charge < -0.3 is 9.63 Å². The fourth-order valence-electron chi connectivity index (χ4n) is 1.86. The number of aliphatic hydroxyl groups is 1. The molecule has 2 aromatic rings. The Balaban J connectivity index is 1.76. The number of aromatic nitrogens is 2. The zero-order chi connectivity index (χ0) is 11.8. The molecule has 3 rings (SSSR count). The smallest absolute Gasteiger partial charge is 0.229 e. The van der Waals surface area contributed by atoms with E-state index in [0.717, 1.165) is 24.0 Å². The molecule has 90 valence electrons. The molecule has 0 aromatic carbocycles. The average Bonchev–Trinajstić information content (AvgIpc) is 2.93. The summed E-state index contributed by atoms with van der Waals surface area (Å²) in [4.78, 5) is 4.33. The lowest BCUT2D eigenvalue weighted by Crippen LogP contribution is -2.12. The van der Waals surface area contributed by atoms with Crippen LogP contribution < -0.4 is 0 Å². The van der Waals surface area contributed by atoms with Crippen molar-refractivity contribution in [2.75, 3.05) is 0 Å². The van der Waals surface area contributed by atoms with Crippen LogP contribution in [0.15, 0.2) is 15.3 Å². The lowest BCUT2D eigenvalue weighted by Gasteiger charge is -2.03. The van der Waals surface area contributed by atoms with E-state index >= 15 is 0 Å². The molecule has 2 heterocycles. The summed E-state index contributed by atoms with van der Waals surface area (Å²) in [5.74, 6) is 1.60. The number of thiophene rings is 1. The summed E-state index contributed by atoms with van der Waals surface area (Å²) in [6, 6.07) is 0. The SMILES string of the molecule is Cc1cscc1-c1noc(CC(O)C2CC2)n1. The molecule has 1 saturated carbocycles. The Kier molecular flexibility index (Phi) is 2.72. The first-order chi connectivity index (χ1) is 8.24. The maximum Gasteiger partial charge on any atom is 0.229 e. The van der Waals surface area contributed by atoms with Gasteiger partial charge in [-0.3, -0.25) is 0 Å². The van der Waals surface area contributed by atoms with E-state index in [-0.39, 0.29) is 6.10 Å². The van der Waals surface area contributed by atoms with Crippen molar-refractivity contribution in [1.82, 2.24) is 10.1 Å². The lowest BCUT2D eigenvalue weighted by atomic mass is 10.1. The minimum atomic E-state index is -0.327. The highest BCUT2D eigenvalue weighted by atomic mass is 32.1. The second kappa shape index (κ2) is 4.23. The first-order valence-corrected chi connectivity index (χ1v) is 6.72. The van der Waals surface area contributed by atoms with Gasteiger partial charge in [0, 0.05) is 10.9 Å². The van der Waals surface area contributed by atoms with E-state index in [1.54, 1.807) is 11.3 Å². The van der Waals surface area contributed by atoms with Crippen LogP contribution in [-0.4, -0.2) is 21.4 Å². The fraction of sp³-hybridized carbons (Fsp3) is 0.500. The third-order valence-electron chi connectivity index (χ3n) is 3.11. The zero-order valence-electron chi connectivity index (χ0n) is 9.59. The molecule has 0 aliphatic heterocycles. The Morgan fingerprint density at radius 3 is 3.00 bits per heavy atom. The Bertz CT molecular complexity index is 516. The van der Waals surface area contributed by atoms with Gasteiger partial charge in [0.2, 0.25) is 11.7 Å². The number of aryl methyl sites for hydroxylation is 1. The molecule has 0 amide bonds. The van der Waals surface area contributed by atoms with Crippen molar-refractivity contribution in [2.45, 2.75) is 32.3 Å². The molecule has 1 aliphatic carbocycles. The summed E-state index contributed by atoms with van der Waals surface area (Å²) in [7, 11) is 0. The summed E-state index contributed by atoms with van der Waals surface area (Å²) < 4.78 is 5.18. The fourth-order valence-corrected chi connectivity index (χ4v) is 2.69. The molecule has 0 spiro atoms. The van der Waals surface area contributed by atoms with Gasteiger partial charge in [-0.05, 0) is 36.6 Å². The number of hydrogen-bond donors (Lipinski definition) is 1. The molecular formula is C12H14N2O2S. The summed E-state index contributed by atoms with van der Waals surface area (Å²) in [6.45, 7) is 2.03. The van der Waals surface area contributed by atoms with Crippen molar-refractivity contribution in [3.05, 3.63) is 22.2 Å². The van der Waals surface area contributed by atoms with Crippen LogP contribution in [0.5, 0.6) is 0 Å². The van der Waals surface area contributed by atoms with Gasteiger partial charge in [0.15, 0.2) is 0 Å². The molecule has 0 saturated heterocycles. The van der Waals surface area contributed by atoms with Crippen molar-refractivity contribution in [3.63, 3.8) is 0 Å². The molecule has 1 atom stereocenters. The molecule has 1 N–H and O–H groups in total. The topological polar surface area (TPSA) is 59.2 Å². The Morgan fingerprint density at radius 2 is 2.35 bits per heavy atom. The Hall–Kier alpha value is -1.20. The quantitative estimate of drug-likeness (QED) is 0.905. The summed E-state index contributed by atoms with van der Waals surface area (Å²) in [5.41, 5.74) is 2.18. The second-order valence-corrected chi connectivity index (χ2v) is 5.33. The monoisotopic (exact) mass is 250 g/mol. The minimum absolute atomic E-state index is 0.327. The van der Waals surface area contributed by atoms with E-state index in [9.17, 15) is 5.11 Å². The van der Waals surface area contributed by atoms with Crippen LogP contribution in [0.4, 0.5) is 0 Å². The van der Waals surface area contributed by atoms with Gasteiger partial charge in [0.25, 0.3) is 0 Å². The summed E-state index contributed by atoms with van der Waals surface area (Å²) in [6.07, 6.45) is 2.38. The second-order valence-electron chi connectivity index (χ2n) is 4.59. The van der Waals surface area contributed by atoms with Crippen LogP contribution in [0.1, 0.15) is 24.3 Å². The van der Waals surface area contributed by atoms with Crippen molar-refractivity contribution in [3.8, 4) is 11.4 Å². The molecular weight excluding hydrogens is 236 g/mol. The number of aliphatic hydroxyl groups excluding tert-OH is 1. The van der Waals surface area contributed by atoms with E-state index < -0.39 is 0 Å². The highest BCUT2D eigenvalue weighted by Crippen LogP contribution is 2.34. The van der Waals surface area contributed by atoms with E-state index in [4.69, 9.17) is 4.52 Å². The van der Waals surface area contributed by atoms with E-state index in [1.165, 1.54) is 0 Å². The largest absolute Gasteiger partial charge is 0.392 e. The molecule has 0 radical (unpaired) electrons. The van der Waals surface area contributed by atoms with Crippen LogP contribution in [0.3, 0.4) is 0 Å². The highest BCUT2D eigenvalue weighted by molar-refractivity contribution is 7.08. The normalized spacial score (nSPS) is 17.3. The van der Waals surface area contributed by atoms with E-state index in [1.807, 2.05) is 12.3 Å². The van der Waals surface area contributed by atoms with Crippen molar-refractivity contribution in [2.24, 2.45) is 5.92 Å². The predicted octanol–water partition coefficient (Wildman–Crippen LogP) is 2.42. The van der Waals surface area contributed by atoms with Crippen molar-refractivity contribution in [1.29, 1.82) is 0 Å². The standard InChI is InChI=1S/C12H14N2O2S/c1-7-5-17-6-9(7)12-13-11(16-14-12)4-10(15)8-2-3-8/h5-6,8,10,15H,2-4H2,1H3. The first-order valence-electron chi connectivity index (χ1n) is 5.78.